The summed E-state index contributed by atoms with van der Waals surface area (Å²) in [6, 6.07) is 52.6. The smallest absolute Gasteiger partial charge is 0.238 e. The average molecular weight is 596 g/mol. The maximum Gasteiger partial charge on any atom is 0.238 e. The van der Waals surface area contributed by atoms with Crippen molar-refractivity contribution in [1.82, 2.24) is 19.5 Å². The van der Waals surface area contributed by atoms with Gasteiger partial charge in [0, 0.05) is 31.7 Å². The van der Waals surface area contributed by atoms with Crippen molar-refractivity contribution in [3.05, 3.63) is 152 Å². The number of rotatable bonds is 4. The van der Waals surface area contributed by atoms with E-state index in [9.17, 15) is 0 Å². The molecule has 1 aliphatic rings. The Morgan fingerprint density at radius 3 is 1.60 bits per heavy atom. The molecule has 0 atom stereocenters. The lowest BCUT2D eigenvalue weighted by molar-refractivity contribution is 0.953. The number of fused-ring (bicyclic) bond motifs is 5. The van der Waals surface area contributed by atoms with Crippen LogP contribution in [-0.4, -0.2) is 19.5 Å². The van der Waals surface area contributed by atoms with Crippen molar-refractivity contribution >= 4 is 50.6 Å². The maximum atomic E-state index is 5.25. The molecule has 0 saturated carbocycles. The molecule has 0 radical (unpaired) electrons. The molecule has 212 valence electrons. The number of aromatic nitrogens is 4. The Bertz CT molecular complexity index is 2280. The SMILES string of the molecule is c1ccc(-c2nc(-c3ccccc3N3c4ccccc4Sc4ccccc43)nc(-n3c4ccccc4c4ccccc43)n2)cc1. The molecule has 45 heavy (non-hydrogen) atoms. The third-order valence-corrected chi connectivity index (χ3v) is 9.38. The van der Waals surface area contributed by atoms with Crippen molar-refractivity contribution in [2.75, 3.05) is 4.90 Å². The number of hydrogen-bond donors (Lipinski definition) is 0. The predicted octanol–water partition coefficient (Wildman–Crippen LogP) is 10.2. The zero-order chi connectivity index (χ0) is 29.7. The van der Waals surface area contributed by atoms with E-state index in [0.717, 1.165) is 50.0 Å². The van der Waals surface area contributed by atoms with Crippen LogP contribution in [0.15, 0.2) is 161 Å². The Labute approximate surface area is 264 Å². The van der Waals surface area contributed by atoms with E-state index in [-0.39, 0.29) is 0 Å². The number of anilines is 3. The summed E-state index contributed by atoms with van der Waals surface area (Å²) >= 11 is 1.80. The largest absolute Gasteiger partial charge is 0.307 e. The van der Waals surface area contributed by atoms with Crippen LogP contribution in [0.4, 0.5) is 17.1 Å². The molecule has 0 amide bonds. The van der Waals surface area contributed by atoms with Gasteiger partial charge in [0.05, 0.1) is 28.1 Å². The monoisotopic (exact) mass is 595 g/mol. The Kier molecular flexibility index (Phi) is 5.99. The first-order chi connectivity index (χ1) is 22.3. The Balaban J connectivity index is 1.33. The minimum atomic E-state index is 0.584. The van der Waals surface area contributed by atoms with E-state index < -0.39 is 0 Å². The van der Waals surface area contributed by atoms with Gasteiger partial charge in [-0.05, 0) is 48.5 Å². The Morgan fingerprint density at radius 1 is 0.422 bits per heavy atom. The molecule has 0 aliphatic carbocycles. The molecule has 0 bridgehead atoms. The van der Waals surface area contributed by atoms with Gasteiger partial charge in [0.2, 0.25) is 5.95 Å². The van der Waals surface area contributed by atoms with E-state index >= 15 is 0 Å². The van der Waals surface area contributed by atoms with E-state index in [1.165, 1.54) is 9.79 Å². The zero-order valence-electron chi connectivity index (χ0n) is 24.1. The molecule has 0 N–H and O–H groups in total. The fourth-order valence-corrected chi connectivity index (χ4v) is 7.32. The van der Waals surface area contributed by atoms with E-state index in [1.807, 2.05) is 18.2 Å². The van der Waals surface area contributed by atoms with Crippen molar-refractivity contribution in [1.29, 1.82) is 0 Å². The van der Waals surface area contributed by atoms with Crippen LogP contribution in [0.5, 0.6) is 0 Å². The van der Waals surface area contributed by atoms with Gasteiger partial charge in [-0.1, -0.05) is 115 Å². The molecule has 0 fully saturated rings. The summed E-state index contributed by atoms with van der Waals surface area (Å²) in [5.74, 6) is 1.83. The Hall–Kier alpha value is -5.72. The van der Waals surface area contributed by atoms with Crippen molar-refractivity contribution in [3.8, 4) is 28.7 Å². The van der Waals surface area contributed by atoms with Crippen molar-refractivity contribution < 1.29 is 0 Å². The summed E-state index contributed by atoms with van der Waals surface area (Å²) in [4.78, 5) is 20.3. The fraction of sp³-hybridized carbons (Fsp3) is 0. The molecular formula is C39H25N5S. The standard InChI is InChI=1S/C39H25N5S/c1-2-14-26(15-3-1)37-40-38(42-39(41-37)44-30-19-7-4-16-27(30)28-17-5-8-20-31(28)44)29-18-6-9-21-32(29)43-33-22-10-12-24-35(33)45-36-25-13-11-23-34(36)43/h1-25H. The van der Waals surface area contributed by atoms with Crippen LogP contribution >= 0.6 is 11.8 Å². The van der Waals surface area contributed by atoms with Gasteiger partial charge in [-0.3, -0.25) is 4.57 Å². The molecule has 0 unspecified atom stereocenters. The van der Waals surface area contributed by atoms with Gasteiger partial charge in [-0.2, -0.15) is 9.97 Å². The Morgan fingerprint density at radius 2 is 0.933 bits per heavy atom. The fourth-order valence-electron chi connectivity index (χ4n) is 6.26. The van der Waals surface area contributed by atoms with Gasteiger partial charge in [0.15, 0.2) is 11.6 Å². The first kappa shape index (κ1) is 25.7. The van der Waals surface area contributed by atoms with Crippen LogP contribution in [0, 0.1) is 0 Å². The quantitative estimate of drug-likeness (QED) is 0.203. The minimum absolute atomic E-state index is 0.584. The maximum absolute atomic E-state index is 5.25. The van der Waals surface area contributed by atoms with Crippen molar-refractivity contribution in [3.63, 3.8) is 0 Å². The molecule has 9 rings (SSSR count). The number of hydrogen-bond acceptors (Lipinski definition) is 5. The molecule has 1 aliphatic heterocycles. The second-order valence-electron chi connectivity index (χ2n) is 10.9. The van der Waals surface area contributed by atoms with Crippen LogP contribution in [0.3, 0.4) is 0 Å². The van der Waals surface area contributed by atoms with Crippen LogP contribution in [0.1, 0.15) is 0 Å². The zero-order valence-corrected chi connectivity index (χ0v) is 24.9. The van der Waals surface area contributed by atoms with Gasteiger partial charge >= 0.3 is 0 Å². The van der Waals surface area contributed by atoms with Crippen LogP contribution in [0.25, 0.3) is 50.5 Å². The van der Waals surface area contributed by atoms with Gasteiger partial charge < -0.3 is 4.90 Å². The van der Waals surface area contributed by atoms with Crippen molar-refractivity contribution in [2.24, 2.45) is 0 Å². The lowest BCUT2D eigenvalue weighted by Crippen LogP contribution is -2.16. The number of para-hydroxylation sites is 5. The molecule has 8 aromatic rings. The summed E-state index contributed by atoms with van der Waals surface area (Å²) in [6.45, 7) is 0. The lowest BCUT2D eigenvalue weighted by Gasteiger charge is -2.33. The molecule has 6 aromatic carbocycles. The van der Waals surface area contributed by atoms with E-state index in [2.05, 4.69) is 143 Å². The molecule has 5 nitrogen and oxygen atoms in total. The number of benzene rings is 6. The molecular weight excluding hydrogens is 571 g/mol. The summed E-state index contributed by atoms with van der Waals surface area (Å²) in [6.07, 6.45) is 0. The third kappa shape index (κ3) is 4.22. The van der Waals surface area contributed by atoms with E-state index in [1.54, 1.807) is 11.8 Å². The molecule has 6 heteroatoms. The normalized spacial score (nSPS) is 12.3. The van der Waals surface area contributed by atoms with Crippen LogP contribution in [-0.2, 0) is 0 Å². The van der Waals surface area contributed by atoms with E-state index in [4.69, 9.17) is 15.0 Å². The highest BCUT2D eigenvalue weighted by atomic mass is 32.2. The van der Waals surface area contributed by atoms with Crippen LogP contribution < -0.4 is 4.90 Å². The van der Waals surface area contributed by atoms with Crippen LogP contribution in [0.2, 0.25) is 0 Å². The van der Waals surface area contributed by atoms with Gasteiger partial charge in [-0.25, -0.2) is 4.98 Å². The average Bonchev–Trinajstić information content (AvgIpc) is 3.45. The van der Waals surface area contributed by atoms with Gasteiger partial charge in [0.25, 0.3) is 0 Å². The molecule has 2 aromatic heterocycles. The third-order valence-electron chi connectivity index (χ3n) is 8.25. The first-order valence-corrected chi connectivity index (χ1v) is 15.7. The second-order valence-corrected chi connectivity index (χ2v) is 12.0. The molecule has 3 heterocycles. The second kappa shape index (κ2) is 10.5. The number of nitrogens with zero attached hydrogens (tertiary/aromatic N) is 5. The molecule has 0 spiro atoms. The summed E-state index contributed by atoms with van der Waals surface area (Å²) in [5.41, 5.74) is 7.25. The first-order valence-electron chi connectivity index (χ1n) is 14.9. The van der Waals surface area contributed by atoms with Crippen molar-refractivity contribution in [2.45, 2.75) is 9.79 Å². The molecule has 0 saturated heterocycles. The highest BCUT2D eigenvalue weighted by Gasteiger charge is 2.27. The summed E-state index contributed by atoms with van der Waals surface area (Å²) < 4.78 is 2.16. The highest BCUT2D eigenvalue weighted by molar-refractivity contribution is 7.99. The summed E-state index contributed by atoms with van der Waals surface area (Å²) in [7, 11) is 0. The predicted molar refractivity (Wildman–Crippen MR) is 184 cm³/mol. The lowest BCUT2D eigenvalue weighted by atomic mass is 10.1. The summed E-state index contributed by atoms with van der Waals surface area (Å²) in [5, 5.41) is 2.33. The van der Waals surface area contributed by atoms with E-state index in [0.29, 0.717) is 17.6 Å². The topological polar surface area (TPSA) is 46.8 Å². The highest BCUT2D eigenvalue weighted by Crippen LogP contribution is 2.52. The van der Waals surface area contributed by atoms with Gasteiger partial charge in [-0.15, -0.1) is 0 Å². The minimum Gasteiger partial charge on any atom is -0.307 e. The van der Waals surface area contributed by atoms with Gasteiger partial charge in [0.1, 0.15) is 0 Å².